The summed E-state index contributed by atoms with van der Waals surface area (Å²) in [5, 5.41) is 13.9. The average molecular weight is 503 g/mol. The van der Waals surface area contributed by atoms with Gasteiger partial charge in [0.15, 0.2) is 5.16 Å². The van der Waals surface area contributed by atoms with Crippen molar-refractivity contribution in [1.82, 2.24) is 19.5 Å². The van der Waals surface area contributed by atoms with Crippen LogP contribution in [-0.4, -0.2) is 46.8 Å². The van der Waals surface area contributed by atoms with Crippen molar-refractivity contribution in [2.45, 2.75) is 36.9 Å². The number of carbonyl (C=O) groups excluding carboxylic acids is 2. The maximum Gasteiger partial charge on any atom is 0.255 e. The molecule has 0 saturated heterocycles. The number of nitrogens with one attached hydrogen (secondary N) is 3. The van der Waals surface area contributed by atoms with E-state index in [-0.39, 0.29) is 28.5 Å². The van der Waals surface area contributed by atoms with Gasteiger partial charge >= 0.3 is 0 Å². The smallest absolute Gasteiger partial charge is 0.255 e. The van der Waals surface area contributed by atoms with Crippen LogP contribution in [0.25, 0.3) is 0 Å². The number of thioether (sulfide) groups is 1. The topological polar surface area (TPSA) is 135 Å². The van der Waals surface area contributed by atoms with Crippen LogP contribution in [0.15, 0.2) is 58.8 Å². The fraction of sp³-hybridized carbons (Fsp3) is 0.273. The highest BCUT2D eigenvalue weighted by atomic mass is 32.2. The zero-order valence-electron chi connectivity index (χ0n) is 19.2. The van der Waals surface area contributed by atoms with Gasteiger partial charge in [0, 0.05) is 30.0 Å². The summed E-state index contributed by atoms with van der Waals surface area (Å²) in [5.74, 6) is -0.483. The molecule has 10 nitrogen and oxygen atoms in total. The predicted molar refractivity (Wildman–Crippen MR) is 131 cm³/mol. The van der Waals surface area contributed by atoms with Crippen molar-refractivity contribution in [2.75, 3.05) is 16.4 Å². The Hall–Kier alpha value is -3.22. The highest BCUT2D eigenvalue weighted by Crippen LogP contribution is 2.21. The summed E-state index contributed by atoms with van der Waals surface area (Å²) in [4.78, 5) is 25.2. The SMILES string of the molecule is Cc1ccc(C(=O)Nc2ccc(S(=O)(=O)NC(C)C)cc2)cc1NC(=O)CSc1nncn1C. The average Bonchev–Trinajstić information content (AvgIpc) is 3.18. The third-order valence-corrected chi connectivity index (χ3v) is 7.30. The van der Waals surface area contributed by atoms with Crippen LogP contribution in [0.1, 0.15) is 29.8 Å². The summed E-state index contributed by atoms with van der Waals surface area (Å²) in [6.45, 7) is 5.31. The van der Waals surface area contributed by atoms with Crippen LogP contribution in [0.2, 0.25) is 0 Å². The summed E-state index contributed by atoms with van der Waals surface area (Å²) < 4.78 is 28.7. The molecule has 0 aliphatic rings. The molecule has 0 unspecified atom stereocenters. The van der Waals surface area contributed by atoms with Gasteiger partial charge in [-0.05, 0) is 62.7 Å². The Morgan fingerprint density at radius 1 is 1.09 bits per heavy atom. The van der Waals surface area contributed by atoms with Gasteiger partial charge in [0.2, 0.25) is 15.9 Å². The van der Waals surface area contributed by atoms with E-state index in [0.717, 1.165) is 5.56 Å². The Bertz CT molecular complexity index is 1290. The zero-order valence-corrected chi connectivity index (χ0v) is 20.8. The molecule has 0 saturated carbocycles. The molecular formula is C22H26N6O4S2. The minimum Gasteiger partial charge on any atom is -0.325 e. The normalized spacial score (nSPS) is 11.4. The summed E-state index contributed by atoms with van der Waals surface area (Å²) in [6, 6.07) is 10.7. The molecule has 3 rings (SSSR count). The first-order chi connectivity index (χ1) is 16.0. The molecule has 0 bridgehead atoms. The Kier molecular flexibility index (Phi) is 8.07. The molecule has 12 heteroatoms. The largest absolute Gasteiger partial charge is 0.325 e. The Morgan fingerprint density at radius 3 is 2.41 bits per heavy atom. The first-order valence-corrected chi connectivity index (χ1v) is 12.8. The van der Waals surface area contributed by atoms with Gasteiger partial charge in [-0.3, -0.25) is 9.59 Å². The molecular weight excluding hydrogens is 476 g/mol. The van der Waals surface area contributed by atoms with Crippen LogP contribution >= 0.6 is 11.8 Å². The van der Waals surface area contributed by atoms with Crippen molar-refractivity contribution in [2.24, 2.45) is 7.05 Å². The first kappa shape index (κ1) is 25.4. The van der Waals surface area contributed by atoms with Crippen LogP contribution < -0.4 is 15.4 Å². The van der Waals surface area contributed by atoms with Crippen molar-refractivity contribution in [1.29, 1.82) is 0 Å². The lowest BCUT2D eigenvalue weighted by Gasteiger charge is -2.12. The molecule has 3 N–H and O–H groups in total. The van der Waals surface area contributed by atoms with E-state index in [1.165, 1.54) is 36.0 Å². The fourth-order valence-electron chi connectivity index (χ4n) is 2.92. The van der Waals surface area contributed by atoms with Gasteiger partial charge < -0.3 is 15.2 Å². The second-order valence-electron chi connectivity index (χ2n) is 7.85. The molecule has 3 aromatic rings. The fourth-order valence-corrected chi connectivity index (χ4v) is 4.86. The summed E-state index contributed by atoms with van der Waals surface area (Å²) in [6.07, 6.45) is 1.56. The molecule has 0 fully saturated rings. The maximum absolute atomic E-state index is 12.7. The van der Waals surface area contributed by atoms with Gasteiger partial charge in [-0.2, -0.15) is 0 Å². The summed E-state index contributed by atoms with van der Waals surface area (Å²) in [7, 11) is -1.82. The number of benzene rings is 2. The minimum absolute atomic E-state index is 0.110. The number of sulfonamides is 1. The van der Waals surface area contributed by atoms with E-state index >= 15 is 0 Å². The number of hydrogen-bond donors (Lipinski definition) is 3. The van der Waals surface area contributed by atoms with Gasteiger partial charge in [0.05, 0.1) is 10.6 Å². The number of aromatic nitrogens is 3. The van der Waals surface area contributed by atoms with E-state index in [0.29, 0.717) is 22.1 Å². The lowest BCUT2D eigenvalue weighted by molar-refractivity contribution is -0.113. The summed E-state index contributed by atoms with van der Waals surface area (Å²) >= 11 is 1.26. The number of carbonyl (C=O) groups is 2. The van der Waals surface area contributed by atoms with E-state index in [2.05, 4.69) is 25.6 Å². The van der Waals surface area contributed by atoms with Crippen LogP contribution in [0, 0.1) is 6.92 Å². The quantitative estimate of drug-likeness (QED) is 0.383. The highest BCUT2D eigenvalue weighted by molar-refractivity contribution is 7.99. The summed E-state index contributed by atoms with van der Waals surface area (Å²) in [5.41, 5.74) is 2.12. The van der Waals surface area contributed by atoms with Gasteiger partial charge in [-0.1, -0.05) is 17.8 Å². The van der Waals surface area contributed by atoms with Crippen molar-refractivity contribution >= 4 is 45.0 Å². The van der Waals surface area contributed by atoms with Crippen LogP contribution in [0.4, 0.5) is 11.4 Å². The van der Waals surface area contributed by atoms with E-state index in [1.807, 2.05) is 6.92 Å². The molecule has 0 aliphatic carbocycles. The molecule has 2 amide bonds. The lowest BCUT2D eigenvalue weighted by Crippen LogP contribution is -2.30. The molecule has 180 valence electrons. The van der Waals surface area contributed by atoms with E-state index in [4.69, 9.17) is 0 Å². The third kappa shape index (κ3) is 6.65. The van der Waals surface area contributed by atoms with Crippen molar-refractivity contribution in [3.8, 4) is 0 Å². The van der Waals surface area contributed by atoms with E-state index in [1.54, 1.807) is 50.0 Å². The second kappa shape index (κ2) is 10.8. The van der Waals surface area contributed by atoms with Crippen LogP contribution in [0.5, 0.6) is 0 Å². The number of nitrogens with zero attached hydrogens (tertiary/aromatic N) is 3. The van der Waals surface area contributed by atoms with Gasteiger partial charge in [-0.25, -0.2) is 13.1 Å². The Labute approximate surface area is 202 Å². The van der Waals surface area contributed by atoms with Gasteiger partial charge in [0.25, 0.3) is 5.91 Å². The van der Waals surface area contributed by atoms with Crippen molar-refractivity contribution in [3.63, 3.8) is 0 Å². The lowest BCUT2D eigenvalue weighted by atomic mass is 10.1. The molecule has 1 aromatic heterocycles. The van der Waals surface area contributed by atoms with Crippen molar-refractivity contribution in [3.05, 3.63) is 59.9 Å². The van der Waals surface area contributed by atoms with Gasteiger partial charge in [0.1, 0.15) is 6.33 Å². The third-order valence-electron chi connectivity index (χ3n) is 4.59. The van der Waals surface area contributed by atoms with Crippen molar-refractivity contribution < 1.29 is 18.0 Å². The van der Waals surface area contributed by atoms with Crippen LogP contribution in [0.3, 0.4) is 0 Å². The predicted octanol–water partition coefficient (Wildman–Crippen LogP) is 2.79. The number of amides is 2. The zero-order chi connectivity index (χ0) is 24.9. The molecule has 0 aliphatic heterocycles. The molecule has 0 atom stereocenters. The molecule has 2 aromatic carbocycles. The Balaban J connectivity index is 1.65. The maximum atomic E-state index is 12.7. The number of anilines is 2. The second-order valence-corrected chi connectivity index (χ2v) is 10.5. The van der Waals surface area contributed by atoms with E-state index in [9.17, 15) is 18.0 Å². The minimum atomic E-state index is -3.61. The van der Waals surface area contributed by atoms with Crippen LogP contribution in [-0.2, 0) is 21.9 Å². The number of rotatable bonds is 9. The Morgan fingerprint density at radius 2 is 1.79 bits per heavy atom. The molecule has 34 heavy (non-hydrogen) atoms. The molecule has 1 heterocycles. The molecule has 0 radical (unpaired) electrons. The number of aryl methyl sites for hydroxylation is 2. The molecule has 0 spiro atoms. The van der Waals surface area contributed by atoms with Gasteiger partial charge in [-0.15, -0.1) is 10.2 Å². The highest BCUT2D eigenvalue weighted by Gasteiger charge is 2.16. The standard InChI is InChI=1S/C22H26N6O4S2/c1-14(2)27-34(31,32)18-9-7-17(8-10-18)24-21(30)16-6-5-15(3)19(11-16)25-20(29)12-33-22-26-23-13-28(22)4/h5-11,13-14,27H,12H2,1-4H3,(H,24,30)(H,25,29). The monoisotopic (exact) mass is 502 g/mol. The first-order valence-electron chi connectivity index (χ1n) is 10.4. The number of hydrogen-bond acceptors (Lipinski definition) is 7. The van der Waals surface area contributed by atoms with E-state index < -0.39 is 10.0 Å².